The van der Waals surface area contributed by atoms with Crippen LogP contribution in [0.2, 0.25) is 0 Å². The topological polar surface area (TPSA) is 12.0 Å². The summed E-state index contributed by atoms with van der Waals surface area (Å²) in [6.45, 7) is 7.45. The average Bonchev–Trinajstić information content (AvgIpc) is 2.48. The van der Waals surface area contributed by atoms with E-state index < -0.39 is 0 Å². The predicted octanol–water partition coefficient (Wildman–Crippen LogP) is 4.28. The predicted molar refractivity (Wildman–Crippen MR) is 85.7 cm³/mol. The second kappa shape index (κ2) is 5.89. The molecule has 1 spiro atoms. The fourth-order valence-electron chi connectivity index (χ4n) is 4.90. The third-order valence-corrected chi connectivity index (χ3v) is 6.36. The Morgan fingerprint density at radius 3 is 2.75 bits per heavy atom. The first-order valence-corrected chi connectivity index (χ1v) is 8.47. The Bertz CT molecular complexity index is 423. The number of hydrogen-bond acceptors (Lipinski definition) is 1. The fourth-order valence-corrected chi connectivity index (χ4v) is 4.90. The van der Waals surface area contributed by atoms with E-state index in [1.807, 2.05) is 0 Å². The number of benzene rings is 1. The quantitative estimate of drug-likeness (QED) is 0.846. The van der Waals surface area contributed by atoms with Crippen molar-refractivity contribution in [2.45, 2.75) is 46.0 Å². The second-order valence-electron chi connectivity index (χ2n) is 7.23. The van der Waals surface area contributed by atoms with Gasteiger partial charge in [0.25, 0.3) is 0 Å². The van der Waals surface area contributed by atoms with Gasteiger partial charge < -0.3 is 5.32 Å². The minimum atomic E-state index is 0.596. The molecule has 1 saturated carbocycles. The molecule has 3 rings (SSSR count). The lowest BCUT2D eigenvalue weighted by Crippen LogP contribution is -2.52. The van der Waals surface area contributed by atoms with Crippen molar-refractivity contribution in [2.75, 3.05) is 13.1 Å². The van der Waals surface area contributed by atoms with Gasteiger partial charge in [0.1, 0.15) is 0 Å². The second-order valence-corrected chi connectivity index (χ2v) is 7.23. The smallest absolute Gasteiger partial charge is 0.00119 e. The van der Waals surface area contributed by atoms with Gasteiger partial charge in [-0.2, -0.15) is 0 Å². The van der Waals surface area contributed by atoms with E-state index in [-0.39, 0.29) is 0 Å². The highest BCUT2D eigenvalue weighted by molar-refractivity contribution is 5.17. The van der Waals surface area contributed by atoms with Gasteiger partial charge in [0, 0.05) is 0 Å². The monoisotopic (exact) mass is 271 g/mol. The van der Waals surface area contributed by atoms with Gasteiger partial charge in [0.2, 0.25) is 0 Å². The van der Waals surface area contributed by atoms with Crippen molar-refractivity contribution in [3.05, 3.63) is 35.9 Å². The summed E-state index contributed by atoms with van der Waals surface area (Å²) in [4.78, 5) is 0. The van der Waals surface area contributed by atoms with Gasteiger partial charge in [-0.15, -0.1) is 0 Å². The largest absolute Gasteiger partial charge is 0.316 e. The zero-order valence-electron chi connectivity index (χ0n) is 13.1. The van der Waals surface area contributed by atoms with E-state index >= 15 is 0 Å². The number of hydrogen-bond donors (Lipinski definition) is 1. The van der Waals surface area contributed by atoms with E-state index in [2.05, 4.69) is 49.5 Å². The van der Waals surface area contributed by atoms with Crippen LogP contribution in [-0.4, -0.2) is 13.1 Å². The molecule has 4 atom stereocenters. The van der Waals surface area contributed by atoms with Gasteiger partial charge >= 0.3 is 0 Å². The molecule has 0 amide bonds. The summed E-state index contributed by atoms with van der Waals surface area (Å²) >= 11 is 0. The summed E-state index contributed by atoms with van der Waals surface area (Å²) in [5, 5.41) is 3.66. The van der Waals surface area contributed by atoms with E-state index in [1.54, 1.807) is 0 Å². The lowest BCUT2D eigenvalue weighted by atomic mass is 9.54. The molecule has 1 aromatic rings. The Hall–Kier alpha value is -0.820. The van der Waals surface area contributed by atoms with Crippen LogP contribution in [0.5, 0.6) is 0 Å². The molecule has 1 aliphatic carbocycles. The van der Waals surface area contributed by atoms with Crippen molar-refractivity contribution < 1.29 is 0 Å². The third kappa shape index (κ3) is 2.53. The van der Waals surface area contributed by atoms with E-state index in [9.17, 15) is 0 Å². The molecule has 4 unspecified atom stereocenters. The maximum Gasteiger partial charge on any atom is -0.00119 e. The summed E-state index contributed by atoms with van der Waals surface area (Å²) in [7, 11) is 0. The minimum Gasteiger partial charge on any atom is -0.316 e. The molecule has 2 fully saturated rings. The van der Waals surface area contributed by atoms with Crippen LogP contribution in [0.25, 0.3) is 0 Å². The normalized spacial score (nSPS) is 38.0. The van der Waals surface area contributed by atoms with Crippen LogP contribution in [0.1, 0.15) is 45.1 Å². The molecule has 0 radical (unpaired) electrons. The molecule has 1 heteroatoms. The van der Waals surface area contributed by atoms with Gasteiger partial charge in [-0.1, -0.05) is 57.0 Å². The van der Waals surface area contributed by atoms with Crippen LogP contribution < -0.4 is 5.32 Å². The van der Waals surface area contributed by atoms with Crippen LogP contribution in [-0.2, 0) is 6.42 Å². The van der Waals surface area contributed by atoms with Gasteiger partial charge in [-0.3, -0.25) is 0 Å². The molecule has 2 aliphatic rings. The van der Waals surface area contributed by atoms with E-state index in [1.165, 1.54) is 50.8 Å². The summed E-state index contributed by atoms with van der Waals surface area (Å²) in [5.74, 6) is 2.60. The summed E-state index contributed by atoms with van der Waals surface area (Å²) in [5.41, 5.74) is 2.12. The lowest BCUT2D eigenvalue weighted by Gasteiger charge is -2.53. The van der Waals surface area contributed by atoms with Crippen LogP contribution >= 0.6 is 0 Å². The highest BCUT2D eigenvalue weighted by Crippen LogP contribution is 2.53. The Morgan fingerprint density at radius 1 is 1.15 bits per heavy atom. The first-order valence-electron chi connectivity index (χ1n) is 8.47. The van der Waals surface area contributed by atoms with E-state index in [4.69, 9.17) is 0 Å². The molecular formula is C19H29N. The van der Waals surface area contributed by atoms with Gasteiger partial charge in [-0.05, 0) is 61.1 Å². The van der Waals surface area contributed by atoms with Crippen LogP contribution in [0.15, 0.2) is 30.3 Å². The Balaban J connectivity index is 1.83. The molecular weight excluding hydrogens is 242 g/mol. The first kappa shape index (κ1) is 14.1. The molecule has 1 aliphatic heterocycles. The van der Waals surface area contributed by atoms with Gasteiger partial charge in [-0.25, -0.2) is 0 Å². The molecule has 0 bridgehead atoms. The zero-order chi connectivity index (χ0) is 14.0. The van der Waals surface area contributed by atoms with Crippen molar-refractivity contribution in [1.82, 2.24) is 5.32 Å². The van der Waals surface area contributed by atoms with Crippen molar-refractivity contribution in [2.24, 2.45) is 23.2 Å². The number of piperidine rings is 1. The average molecular weight is 271 g/mol. The maximum absolute atomic E-state index is 3.66. The lowest BCUT2D eigenvalue weighted by molar-refractivity contribution is -0.0225. The van der Waals surface area contributed by atoms with Crippen molar-refractivity contribution in [3.63, 3.8) is 0 Å². The number of rotatable bonds is 2. The van der Waals surface area contributed by atoms with Crippen molar-refractivity contribution >= 4 is 0 Å². The molecule has 0 aromatic heterocycles. The molecule has 1 saturated heterocycles. The van der Waals surface area contributed by atoms with Crippen molar-refractivity contribution in [3.8, 4) is 0 Å². The van der Waals surface area contributed by atoms with Crippen LogP contribution in [0, 0.1) is 23.2 Å². The van der Waals surface area contributed by atoms with Crippen LogP contribution in [0.3, 0.4) is 0 Å². The van der Waals surface area contributed by atoms with E-state index in [0.29, 0.717) is 5.41 Å². The summed E-state index contributed by atoms with van der Waals surface area (Å²) < 4.78 is 0. The maximum atomic E-state index is 3.66. The van der Waals surface area contributed by atoms with Gasteiger partial charge in [0.05, 0.1) is 0 Å². The molecule has 110 valence electrons. The standard InChI is InChI=1S/C19H29N/c1-15-7-6-10-19(16(15)2)11-12-20-14-18(19)13-17-8-4-3-5-9-17/h3-5,8-9,15-16,18,20H,6-7,10-14H2,1-2H3. The van der Waals surface area contributed by atoms with Crippen LogP contribution in [0.4, 0.5) is 0 Å². The Labute approximate surface area is 124 Å². The third-order valence-electron chi connectivity index (χ3n) is 6.36. The van der Waals surface area contributed by atoms with Crippen molar-refractivity contribution in [1.29, 1.82) is 0 Å². The Kier molecular flexibility index (Phi) is 4.16. The van der Waals surface area contributed by atoms with Gasteiger partial charge in [0.15, 0.2) is 0 Å². The molecule has 1 N–H and O–H groups in total. The SMILES string of the molecule is CC1CCCC2(CCNCC2Cc2ccccc2)C1C. The minimum absolute atomic E-state index is 0.596. The highest BCUT2D eigenvalue weighted by atomic mass is 14.9. The number of nitrogens with one attached hydrogen (secondary N) is 1. The fraction of sp³-hybridized carbons (Fsp3) is 0.684. The molecule has 1 aromatic carbocycles. The molecule has 1 heterocycles. The highest BCUT2D eigenvalue weighted by Gasteiger charge is 2.47. The summed E-state index contributed by atoms with van der Waals surface area (Å²) in [6, 6.07) is 11.1. The first-order chi connectivity index (χ1) is 9.72. The molecule has 1 nitrogen and oxygen atoms in total. The molecule has 20 heavy (non-hydrogen) atoms. The Morgan fingerprint density at radius 2 is 1.95 bits per heavy atom. The zero-order valence-corrected chi connectivity index (χ0v) is 13.1. The van der Waals surface area contributed by atoms with E-state index in [0.717, 1.165) is 17.8 Å². The summed E-state index contributed by atoms with van der Waals surface area (Å²) in [6.07, 6.45) is 6.98.